The molecule has 0 aliphatic rings. The fourth-order valence-electron chi connectivity index (χ4n) is 0.619. The van der Waals surface area contributed by atoms with Crippen LogP contribution >= 0.6 is 0 Å². The molecule has 1 aromatic rings. The number of nitro groups is 1. The third-order valence-corrected chi connectivity index (χ3v) is 1.08. The minimum Gasteiger partial charge on any atom is -0.502 e. The third-order valence-electron chi connectivity index (χ3n) is 1.08. The van der Waals surface area contributed by atoms with Crippen LogP contribution in [0.2, 0.25) is 0 Å². The largest absolute Gasteiger partial charge is 0.502 e. The van der Waals surface area contributed by atoms with E-state index in [1.54, 1.807) is 0 Å². The smallest absolute Gasteiger partial charge is 0.310 e. The first-order valence-corrected chi connectivity index (χ1v) is 2.64. The monoisotopic (exact) mass is 179 g/mol. The van der Waals surface area contributed by atoms with Crippen LogP contribution < -0.4 is 0 Å². The minimum absolute atomic E-state index is 0. The molecule has 0 bridgehead atoms. The van der Waals surface area contributed by atoms with Gasteiger partial charge in [-0.05, 0) is 6.07 Å². The number of nitro benzene ring substituents is 1. The maximum absolute atomic E-state index is 10.1. The molecule has 0 unspecified atom stereocenters. The van der Waals surface area contributed by atoms with Gasteiger partial charge in [0.1, 0.15) is 0 Å². The van der Waals surface area contributed by atoms with Gasteiger partial charge in [-0.1, -0.05) is 12.1 Å². The molecule has 1 N–H and O–H groups in total. The van der Waals surface area contributed by atoms with Crippen LogP contribution in [0.25, 0.3) is 0 Å². The average molecular weight is 179 g/mol. The normalized spacial score (nSPS) is 8.36. The molecule has 4 nitrogen and oxygen atoms in total. The van der Waals surface area contributed by atoms with E-state index < -0.39 is 4.92 Å². The molecule has 0 aliphatic carbocycles. The van der Waals surface area contributed by atoms with Crippen LogP contribution in [0.4, 0.5) is 5.69 Å². The summed E-state index contributed by atoms with van der Waals surface area (Å²) >= 11 is 0. The van der Waals surface area contributed by atoms with Crippen molar-refractivity contribution < 1.29 is 10.0 Å². The zero-order chi connectivity index (χ0) is 7.56. The van der Waals surface area contributed by atoms with Gasteiger partial charge in [-0.25, -0.2) is 0 Å². The Bertz CT molecular complexity index is 264. The summed E-state index contributed by atoms with van der Waals surface area (Å²) in [5.74, 6) is -0.299. The van der Waals surface area contributed by atoms with Gasteiger partial charge in [0, 0.05) is 43.8 Å². The Balaban J connectivity index is 0.000001000. The number of aromatic hydroxyl groups is 1. The van der Waals surface area contributed by atoms with Crippen molar-refractivity contribution in [3.63, 3.8) is 0 Å². The van der Waals surface area contributed by atoms with E-state index in [4.69, 9.17) is 5.11 Å². The summed E-state index contributed by atoms with van der Waals surface area (Å²) in [7, 11) is 0. The molecule has 0 saturated carbocycles. The van der Waals surface area contributed by atoms with Crippen molar-refractivity contribution in [2.75, 3.05) is 0 Å². The Hall–Kier alpha value is -0.320. The molecule has 1 aromatic carbocycles. The van der Waals surface area contributed by atoms with Crippen molar-refractivity contribution in [3.05, 3.63) is 34.4 Å². The molecule has 0 heterocycles. The first-order chi connectivity index (χ1) is 4.72. The average Bonchev–Trinajstić information content (AvgIpc) is 1.88. The molecule has 5 heteroatoms. The predicted octanol–water partition coefficient (Wildman–Crippen LogP) is 0.920. The molecule has 0 fully saturated rings. The van der Waals surface area contributed by atoms with E-state index in [0.29, 0.717) is 0 Å². The van der Waals surface area contributed by atoms with Crippen LogP contribution in [0.3, 0.4) is 0 Å². The zero-order valence-electron chi connectivity index (χ0n) is 5.73. The molecular weight excluding hydrogens is 174 g/mol. The van der Waals surface area contributed by atoms with Crippen molar-refractivity contribution in [2.24, 2.45) is 0 Å². The third kappa shape index (κ3) is 2.65. The molecule has 0 aliphatic heterocycles. The summed E-state index contributed by atoms with van der Waals surface area (Å²) in [5.41, 5.74) is -0.262. The summed E-state index contributed by atoms with van der Waals surface area (Å²) < 4.78 is 0. The van der Waals surface area contributed by atoms with Gasteiger partial charge >= 0.3 is 5.69 Å². The number of nitrogens with zero attached hydrogens (tertiary/aromatic N) is 1. The maximum atomic E-state index is 10.1. The summed E-state index contributed by atoms with van der Waals surface area (Å²) in [6.45, 7) is 0. The van der Waals surface area contributed by atoms with Crippen molar-refractivity contribution in [2.45, 2.75) is 0 Å². The van der Waals surface area contributed by atoms with E-state index in [1.807, 2.05) is 0 Å². The van der Waals surface area contributed by atoms with Crippen LogP contribution in [-0.4, -0.2) is 47.8 Å². The Kier molecular flexibility index (Phi) is 4.40. The number of hydrogen-bond acceptors (Lipinski definition) is 3. The second-order valence-electron chi connectivity index (χ2n) is 1.75. The fourth-order valence-corrected chi connectivity index (χ4v) is 0.619. The van der Waals surface area contributed by atoms with E-state index in [2.05, 4.69) is 0 Å². The molecule has 0 aromatic heterocycles. The van der Waals surface area contributed by atoms with Gasteiger partial charge in [-0.2, -0.15) is 0 Å². The molecule has 54 valence electrons. The van der Waals surface area contributed by atoms with Crippen molar-refractivity contribution in [1.29, 1.82) is 0 Å². The molecule has 0 saturated heterocycles. The van der Waals surface area contributed by atoms with Gasteiger partial charge in [-0.3, -0.25) is 10.1 Å². The van der Waals surface area contributed by atoms with E-state index >= 15 is 0 Å². The molecule has 0 amide bonds. The number of para-hydroxylation sites is 2. The predicted molar refractivity (Wildman–Crippen MR) is 40.5 cm³/mol. The van der Waals surface area contributed by atoms with Crippen molar-refractivity contribution in [1.82, 2.24) is 0 Å². The Morgan fingerprint density at radius 1 is 1.36 bits per heavy atom. The summed E-state index contributed by atoms with van der Waals surface area (Å²) in [4.78, 5) is 9.44. The van der Waals surface area contributed by atoms with Gasteiger partial charge in [0.2, 0.25) is 0 Å². The van der Waals surface area contributed by atoms with Crippen LogP contribution in [0.5, 0.6) is 5.75 Å². The molecule has 11 heavy (non-hydrogen) atoms. The van der Waals surface area contributed by atoms with E-state index in [-0.39, 0.29) is 49.2 Å². The summed E-state index contributed by atoms with van der Waals surface area (Å²) in [6.07, 6.45) is 0. The molecule has 1 rings (SSSR count). The van der Waals surface area contributed by atoms with Gasteiger partial charge in [0.15, 0.2) is 5.75 Å². The topological polar surface area (TPSA) is 63.4 Å². The van der Waals surface area contributed by atoms with Crippen LogP contribution in [0.1, 0.15) is 0 Å². The van der Waals surface area contributed by atoms with Crippen LogP contribution in [0, 0.1) is 10.1 Å². The molecule has 2 radical (unpaired) electrons. The van der Waals surface area contributed by atoms with Gasteiger partial charge < -0.3 is 5.11 Å². The zero-order valence-corrected chi connectivity index (χ0v) is 7.94. The quantitative estimate of drug-likeness (QED) is 0.396. The maximum Gasteiger partial charge on any atom is 0.310 e. The summed E-state index contributed by atoms with van der Waals surface area (Å²) in [6, 6.07) is 5.55. The second kappa shape index (κ2) is 4.54. The minimum atomic E-state index is -0.630. The number of phenolic OH excluding ortho intramolecular Hbond substituents is 1. The molecular formula is C6H5CaNO3. The second-order valence-corrected chi connectivity index (χ2v) is 1.75. The van der Waals surface area contributed by atoms with Gasteiger partial charge in [-0.15, -0.1) is 0 Å². The van der Waals surface area contributed by atoms with Crippen LogP contribution in [-0.2, 0) is 0 Å². The first-order valence-electron chi connectivity index (χ1n) is 2.64. The first kappa shape index (κ1) is 10.7. The SMILES string of the molecule is O=[N+]([O-])c1ccccc1O.[Ca]. The van der Waals surface area contributed by atoms with E-state index in [1.165, 1.54) is 24.3 Å². The fraction of sp³-hybridized carbons (Fsp3) is 0. The van der Waals surface area contributed by atoms with Crippen molar-refractivity contribution >= 4 is 43.4 Å². The Labute approximate surface area is 93.0 Å². The Morgan fingerprint density at radius 2 is 1.91 bits per heavy atom. The van der Waals surface area contributed by atoms with Crippen molar-refractivity contribution in [3.8, 4) is 5.75 Å². The number of rotatable bonds is 1. The van der Waals surface area contributed by atoms with Gasteiger partial charge in [0.05, 0.1) is 4.92 Å². The summed E-state index contributed by atoms with van der Waals surface area (Å²) in [5, 5.41) is 18.9. The van der Waals surface area contributed by atoms with Crippen LogP contribution in [0.15, 0.2) is 24.3 Å². The van der Waals surface area contributed by atoms with E-state index in [9.17, 15) is 10.1 Å². The van der Waals surface area contributed by atoms with Gasteiger partial charge in [0.25, 0.3) is 0 Å². The number of hydrogen-bond donors (Lipinski definition) is 1. The van der Waals surface area contributed by atoms with E-state index in [0.717, 1.165) is 0 Å². The Morgan fingerprint density at radius 3 is 2.27 bits per heavy atom. The standard InChI is InChI=1S/C6H5NO3.Ca/c8-6-4-2-1-3-5(6)7(9)10;/h1-4,8H;. The number of phenols is 1. The molecule has 0 atom stereocenters. The number of benzene rings is 1. The molecule has 0 spiro atoms.